The number of hydrogen-bond donors (Lipinski definition) is 1. The average molecular weight is 396 g/mol. The van der Waals surface area contributed by atoms with Gasteiger partial charge in [-0.3, -0.25) is 4.79 Å². The summed E-state index contributed by atoms with van der Waals surface area (Å²) in [5.74, 6) is 1.29. The SMILES string of the molecule is CC(C)Oc1ccc(C(=O)Nc2ccc(OCc3ccc(Cl)cc3)cc2)cc1. The lowest BCUT2D eigenvalue weighted by Gasteiger charge is -2.11. The molecular formula is C23H22ClNO3. The summed E-state index contributed by atoms with van der Waals surface area (Å²) in [6.07, 6.45) is 0.0973. The van der Waals surface area contributed by atoms with Gasteiger partial charge < -0.3 is 14.8 Å². The molecule has 0 unspecified atom stereocenters. The van der Waals surface area contributed by atoms with E-state index in [9.17, 15) is 4.79 Å². The fourth-order valence-electron chi connectivity index (χ4n) is 2.54. The first-order chi connectivity index (χ1) is 13.5. The van der Waals surface area contributed by atoms with Gasteiger partial charge in [0, 0.05) is 16.3 Å². The normalized spacial score (nSPS) is 10.6. The van der Waals surface area contributed by atoms with Gasteiger partial charge in [0.15, 0.2) is 0 Å². The van der Waals surface area contributed by atoms with Crippen LogP contribution in [0.15, 0.2) is 72.8 Å². The summed E-state index contributed by atoms with van der Waals surface area (Å²) in [7, 11) is 0. The van der Waals surface area contributed by atoms with E-state index in [4.69, 9.17) is 21.1 Å². The predicted molar refractivity (Wildman–Crippen MR) is 112 cm³/mol. The van der Waals surface area contributed by atoms with Crippen LogP contribution in [0, 0.1) is 0 Å². The smallest absolute Gasteiger partial charge is 0.255 e. The van der Waals surface area contributed by atoms with Crippen LogP contribution in [0.25, 0.3) is 0 Å². The number of hydrogen-bond acceptors (Lipinski definition) is 3. The van der Waals surface area contributed by atoms with Gasteiger partial charge in [-0.15, -0.1) is 0 Å². The number of halogens is 1. The van der Waals surface area contributed by atoms with E-state index in [2.05, 4.69) is 5.32 Å². The van der Waals surface area contributed by atoms with Gasteiger partial charge in [0.1, 0.15) is 18.1 Å². The van der Waals surface area contributed by atoms with E-state index < -0.39 is 0 Å². The largest absolute Gasteiger partial charge is 0.491 e. The Balaban J connectivity index is 1.54. The molecule has 0 fully saturated rings. The maximum Gasteiger partial charge on any atom is 0.255 e. The Morgan fingerprint density at radius 3 is 2.11 bits per heavy atom. The van der Waals surface area contributed by atoms with E-state index in [0.717, 1.165) is 17.1 Å². The van der Waals surface area contributed by atoms with Crippen molar-refractivity contribution in [3.05, 3.63) is 88.9 Å². The zero-order valence-electron chi connectivity index (χ0n) is 15.8. The lowest BCUT2D eigenvalue weighted by Crippen LogP contribution is -2.12. The van der Waals surface area contributed by atoms with Crippen LogP contribution < -0.4 is 14.8 Å². The van der Waals surface area contributed by atoms with Crippen LogP contribution in [0.4, 0.5) is 5.69 Å². The van der Waals surface area contributed by atoms with Gasteiger partial charge in [0.25, 0.3) is 5.91 Å². The Bertz CT molecular complexity index is 904. The van der Waals surface area contributed by atoms with Crippen molar-refractivity contribution in [1.29, 1.82) is 0 Å². The minimum absolute atomic E-state index is 0.0973. The molecular weight excluding hydrogens is 374 g/mol. The van der Waals surface area contributed by atoms with Crippen molar-refractivity contribution in [3.8, 4) is 11.5 Å². The van der Waals surface area contributed by atoms with Crippen molar-refractivity contribution < 1.29 is 14.3 Å². The Hall–Kier alpha value is -2.98. The van der Waals surface area contributed by atoms with E-state index in [1.165, 1.54) is 0 Å². The third-order valence-corrected chi connectivity index (χ3v) is 4.17. The molecule has 0 aliphatic carbocycles. The fourth-order valence-corrected chi connectivity index (χ4v) is 2.67. The molecule has 0 bridgehead atoms. The zero-order valence-corrected chi connectivity index (χ0v) is 16.6. The third kappa shape index (κ3) is 5.76. The van der Waals surface area contributed by atoms with Gasteiger partial charge in [-0.25, -0.2) is 0 Å². The molecule has 0 saturated carbocycles. The van der Waals surface area contributed by atoms with Crippen LogP contribution in [0.5, 0.6) is 11.5 Å². The van der Waals surface area contributed by atoms with E-state index >= 15 is 0 Å². The highest BCUT2D eigenvalue weighted by Gasteiger charge is 2.07. The van der Waals surface area contributed by atoms with Crippen molar-refractivity contribution in [1.82, 2.24) is 0 Å². The molecule has 3 aromatic carbocycles. The first-order valence-electron chi connectivity index (χ1n) is 9.05. The minimum Gasteiger partial charge on any atom is -0.491 e. The molecule has 0 saturated heterocycles. The minimum atomic E-state index is -0.175. The van der Waals surface area contributed by atoms with Crippen molar-refractivity contribution in [2.24, 2.45) is 0 Å². The Kier molecular flexibility index (Phi) is 6.56. The fraction of sp³-hybridized carbons (Fsp3) is 0.174. The molecule has 0 heterocycles. The van der Waals surface area contributed by atoms with Crippen LogP contribution in [0.2, 0.25) is 5.02 Å². The van der Waals surface area contributed by atoms with Gasteiger partial charge in [0.05, 0.1) is 6.10 Å². The molecule has 5 heteroatoms. The topological polar surface area (TPSA) is 47.6 Å². The number of nitrogens with one attached hydrogen (secondary N) is 1. The highest BCUT2D eigenvalue weighted by atomic mass is 35.5. The lowest BCUT2D eigenvalue weighted by molar-refractivity contribution is 0.102. The summed E-state index contributed by atoms with van der Waals surface area (Å²) in [5, 5.41) is 3.58. The number of ether oxygens (including phenoxy) is 2. The first-order valence-corrected chi connectivity index (χ1v) is 9.43. The highest BCUT2D eigenvalue weighted by Crippen LogP contribution is 2.19. The molecule has 3 aromatic rings. The molecule has 3 rings (SSSR count). The van der Waals surface area contributed by atoms with Crippen LogP contribution in [-0.2, 0) is 6.61 Å². The summed E-state index contributed by atoms with van der Waals surface area (Å²) >= 11 is 5.88. The van der Waals surface area contributed by atoms with Gasteiger partial charge >= 0.3 is 0 Å². The molecule has 0 aliphatic rings. The number of amides is 1. The van der Waals surface area contributed by atoms with Gasteiger partial charge in [-0.2, -0.15) is 0 Å². The van der Waals surface area contributed by atoms with E-state index in [-0.39, 0.29) is 12.0 Å². The van der Waals surface area contributed by atoms with Crippen molar-refractivity contribution in [3.63, 3.8) is 0 Å². The molecule has 1 N–H and O–H groups in total. The third-order valence-electron chi connectivity index (χ3n) is 3.92. The molecule has 0 aromatic heterocycles. The Morgan fingerprint density at radius 1 is 0.893 bits per heavy atom. The molecule has 0 spiro atoms. The van der Waals surface area contributed by atoms with Crippen LogP contribution >= 0.6 is 11.6 Å². The maximum atomic E-state index is 12.4. The van der Waals surface area contributed by atoms with E-state index in [0.29, 0.717) is 22.9 Å². The molecule has 0 atom stereocenters. The molecule has 1 amide bonds. The molecule has 0 aliphatic heterocycles. The number of carbonyl (C=O) groups excluding carboxylic acids is 1. The number of carbonyl (C=O) groups is 1. The van der Waals surface area contributed by atoms with Crippen molar-refractivity contribution in [2.45, 2.75) is 26.6 Å². The number of anilines is 1. The standard InChI is InChI=1S/C23H22ClNO3/c1-16(2)28-22-11-5-18(6-12-22)23(26)25-20-9-13-21(14-10-20)27-15-17-3-7-19(24)8-4-17/h3-14,16H,15H2,1-2H3,(H,25,26). The number of rotatable bonds is 7. The van der Waals surface area contributed by atoms with Crippen molar-refractivity contribution >= 4 is 23.2 Å². The van der Waals surface area contributed by atoms with Crippen LogP contribution in [0.1, 0.15) is 29.8 Å². The molecule has 4 nitrogen and oxygen atoms in total. The second-order valence-electron chi connectivity index (χ2n) is 6.58. The molecule has 28 heavy (non-hydrogen) atoms. The first kappa shape index (κ1) is 19.8. The lowest BCUT2D eigenvalue weighted by atomic mass is 10.2. The summed E-state index contributed by atoms with van der Waals surface area (Å²) in [6, 6.07) is 21.9. The summed E-state index contributed by atoms with van der Waals surface area (Å²) in [6.45, 7) is 4.38. The van der Waals surface area contributed by atoms with Crippen LogP contribution in [-0.4, -0.2) is 12.0 Å². The molecule has 144 valence electrons. The second-order valence-corrected chi connectivity index (χ2v) is 7.02. The number of benzene rings is 3. The molecule has 0 radical (unpaired) electrons. The van der Waals surface area contributed by atoms with E-state index in [1.807, 2.05) is 62.4 Å². The zero-order chi connectivity index (χ0) is 19.9. The summed E-state index contributed by atoms with van der Waals surface area (Å²) in [5.41, 5.74) is 2.30. The average Bonchev–Trinajstić information content (AvgIpc) is 2.69. The van der Waals surface area contributed by atoms with Gasteiger partial charge in [-0.05, 0) is 80.1 Å². The summed E-state index contributed by atoms with van der Waals surface area (Å²) < 4.78 is 11.3. The monoisotopic (exact) mass is 395 g/mol. The quantitative estimate of drug-likeness (QED) is 0.537. The predicted octanol–water partition coefficient (Wildman–Crippen LogP) is 5.96. The summed E-state index contributed by atoms with van der Waals surface area (Å²) in [4.78, 5) is 12.4. The maximum absolute atomic E-state index is 12.4. The second kappa shape index (κ2) is 9.29. The van der Waals surface area contributed by atoms with Crippen LogP contribution in [0.3, 0.4) is 0 Å². The van der Waals surface area contributed by atoms with E-state index in [1.54, 1.807) is 24.3 Å². The van der Waals surface area contributed by atoms with Crippen molar-refractivity contribution in [2.75, 3.05) is 5.32 Å². The van der Waals surface area contributed by atoms with Gasteiger partial charge in [0.2, 0.25) is 0 Å². The Labute approximate surface area is 170 Å². The Morgan fingerprint density at radius 2 is 1.50 bits per heavy atom. The highest BCUT2D eigenvalue weighted by molar-refractivity contribution is 6.30. The van der Waals surface area contributed by atoms with Gasteiger partial charge in [-0.1, -0.05) is 23.7 Å².